The molecule has 2 aromatic heterocycles. The quantitative estimate of drug-likeness (QED) is 0.798. The minimum Gasteiger partial charge on any atom is -0.275 e. The van der Waals surface area contributed by atoms with Gasteiger partial charge in [-0.2, -0.15) is 5.10 Å². The zero-order valence-corrected chi connectivity index (χ0v) is 10.2. The number of aromatic nitrogens is 3. The van der Waals surface area contributed by atoms with E-state index in [1.807, 2.05) is 6.20 Å². The molecule has 4 nitrogen and oxygen atoms in total. The van der Waals surface area contributed by atoms with E-state index in [-0.39, 0.29) is 0 Å². The molecule has 0 radical (unpaired) electrons. The molecule has 2 heterocycles. The van der Waals surface area contributed by atoms with Crippen LogP contribution in [0.25, 0.3) is 11.0 Å². The summed E-state index contributed by atoms with van der Waals surface area (Å²) in [6.45, 7) is 6.42. The van der Waals surface area contributed by atoms with Gasteiger partial charge in [0.25, 0.3) is 0 Å². The molecule has 0 aromatic carbocycles. The Hall–Kier alpha value is -1.58. The number of aryl methyl sites for hydroxylation is 1. The number of rotatable bonds is 3. The summed E-state index contributed by atoms with van der Waals surface area (Å²) < 4.78 is 1.80. The molecule has 0 fully saturated rings. The molecule has 0 saturated heterocycles. The highest BCUT2D eigenvalue weighted by atomic mass is 16.6. The average molecular weight is 220 g/mol. The lowest BCUT2D eigenvalue weighted by Gasteiger charge is -2.02. The molecular weight excluding hydrogens is 202 g/mol. The van der Waals surface area contributed by atoms with Crippen molar-refractivity contribution in [1.29, 1.82) is 0 Å². The molecule has 0 aliphatic heterocycles. The first-order chi connectivity index (χ1) is 7.67. The first-order valence-electron chi connectivity index (χ1n) is 5.64. The summed E-state index contributed by atoms with van der Waals surface area (Å²) in [5.41, 5.74) is 4.33. The number of hydrogen-bond donors (Lipinski definition) is 1. The maximum absolute atomic E-state index is 5.38. The molecule has 16 heavy (non-hydrogen) atoms. The van der Waals surface area contributed by atoms with Gasteiger partial charge in [0, 0.05) is 10.3 Å². The van der Waals surface area contributed by atoms with E-state index in [0.717, 1.165) is 23.1 Å². The maximum atomic E-state index is 5.38. The number of fused-ring (bicyclic) bond motifs is 1. The van der Waals surface area contributed by atoms with Crippen molar-refractivity contribution in [2.24, 2.45) is 0 Å². The summed E-state index contributed by atoms with van der Waals surface area (Å²) in [5.74, 6) is 0.465. The Morgan fingerprint density at radius 1 is 1.50 bits per heavy atom. The molecule has 0 aliphatic rings. The van der Waals surface area contributed by atoms with Gasteiger partial charge in [0.15, 0.2) is 5.52 Å². The molecule has 0 atom stereocenters. The third-order valence-corrected chi connectivity index (χ3v) is 2.85. The van der Waals surface area contributed by atoms with E-state index in [1.165, 1.54) is 5.56 Å². The fourth-order valence-electron chi connectivity index (χ4n) is 1.84. The summed E-state index contributed by atoms with van der Waals surface area (Å²) in [6.07, 6.45) is 2.95. The molecule has 86 valence electrons. The lowest BCUT2D eigenvalue weighted by molar-refractivity contribution is -0.865. The predicted octanol–water partition coefficient (Wildman–Crippen LogP) is 1.59. The molecule has 4 heteroatoms. The molecule has 0 spiro atoms. The number of nitrogens with one attached hydrogen (secondary N) is 1. The van der Waals surface area contributed by atoms with Gasteiger partial charge in [0.2, 0.25) is 6.20 Å². The molecule has 0 amide bonds. The number of hydrogen-bond acceptors (Lipinski definition) is 2. The molecule has 0 unspecified atom stereocenters. The standard InChI is InChI=1S/C12H17N3O/c1-5-10-12-11(14-13-10)6-9(8(2)3)7-15(12)16-4/h6-8H,5H2,1-4H3/p+1. The molecule has 0 aliphatic carbocycles. The van der Waals surface area contributed by atoms with E-state index in [2.05, 4.69) is 37.0 Å². The highest BCUT2D eigenvalue weighted by molar-refractivity contribution is 5.73. The van der Waals surface area contributed by atoms with E-state index in [1.54, 1.807) is 11.8 Å². The third kappa shape index (κ3) is 1.64. The highest BCUT2D eigenvalue weighted by Crippen LogP contribution is 2.18. The van der Waals surface area contributed by atoms with E-state index >= 15 is 0 Å². The van der Waals surface area contributed by atoms with Crippen LogP contribution in [0.4, 0.5) is 0 Å². The van der Waals surface area contributed by atoms with Gasteiger partial charge in [-0.3, -0.25) is 9.94 Å². The first-order valence-corrected chi connectivity index (χ1v) is 5.64. The third-order valence-electron chi connectivity index (χ3n) is 2.85. The van der Waals surface area contributed by atoms with Crippen LogP contribution in [0.1, 0.15) is 37.9 Å². The van der Waals surface area contributed by atoms with Gasteiger partial charge in [-0.15, -0.1) is 0 Å². The van der Waals surface area contributed by atoms with Crippen molar-refractivity contribution in [2.45, 2.75) is 33.1 Å². The minimum absolute atomic E-state index is 0.465. The van der Waals surface area contributed by atoms with Gasteiger partial charge >= 0.3 is 5.52 Å². The Balaban J connectivity index is 2.70. The largest absolute Gasteiger partial charge is 0.305 e. The van der Waals surface area contributed by atoms with E-state index in [9.17, 15) is 0 Å². The lowest BCUT2D eigenvalue weighted by Crippen LogP contribution is -2.41. The van der Waals surface area contributed by atoms with Crippen LogP contribution < -0.4 is 9.57 Å². The summed E-state index contributed by atoms with van der Waals surface area (Å²) in [5, 5.41) is 7.37. The van der Waals surface area contributed by atoms with Crippen LogP contribution in [0.5, 0.6) is 0 Å². The Labute approximate surface area is 95.2 Å². The maximum Gasteiger partial charge on any atom is 0.305 e. The van der Waals surface area contributed by atoms with Crippen molar-refractivity contribution in [3.05, 3.63) is 23.5 Å². The van der Waals surface area contributed by atoms with Crippen molar-refractivity contribution in [3.8, 4) is 0 Å². The summed E-state index contributed by atoms with van der Waals surface area (Å²) in [6, 6.07) is 2.12. The van der Waals surface area contributed by atoms with E-state index in [0.29, 0.717) is 5.92 Å². The molecular formula is C12H18N3O+. The van der Waals surface area contributed by atoms with Crippen LogP contribution in [0, 0.1) is 0 Å². The van der Waals surface area contributed by atoms with E-state index in [4.69, 9.17) is 4.84 Å². The second-order valence-corrected chi connectivity index (χ2v) is 4.23. The zero-order valence-electron chi connectivity index (χ0n) is 10.2. The Bertz CT molecular complexity index is 502. The number of H-pyrrole nitrogens is 1. The fraction of sp³-hybridized carbons (Fsp3) is 0.500. The van der Waals surface area contributed by atoms with Crippen LogP contribution >= 0.6 is 0 Å². The van der Waals surface area contributed by atoms with Crippen LogP contribution in [0.2, 0.25) is 0 Å². The van der Waals surface area contributed by atoms with Crippen LogP contribution in [0.15, 0.2) is 12.3 Å². The van der Waals surface area contributed by atoms with Gasteiger partial charge in [0.1, 0.15) is 12.8 Å². The topological polar surface area (TPSA) is 41.8 Å². The normalized spacial score (nSPS) is 11.3. The highest BCUT2D eigenvalue weighted by Gasteiger charge is 2.20. The van der Waals surface area contributed by atoms with Crippen LogP contribution in [-0.2, 0) is 6.42 Å². The summed E-state index contributed by atoms with van der Waals surface area (Å²) in [4.78, 5) is 5.38. The van der Waals surface area contributed by atoms with Crippen molar-refractivity contribution < 1.29 is 9.57 Å². The number of aromatic amines is 1. The van der Waals surface area contributed by atoms with E-state index < -0.39 is 0 Å². The molecule has 0 bridgehead atoms. The van der Waals surface area contributed by atoms with Crippen molar-refractivity contribution in [2.75, 3.05) is 7.11 Å². The predicted molar refractivity (Wildman–Crippen MR) is 62.3 cm³/mol. The average Bonchev–Trinajstić information content (AvgIpc) is 2.70. The van der Waals surface area contributed by atoms with Gasteiger partial charge in [-0.05, 0) is 18.4 Å². The Morgan fingerprint density at radius 2 is 2.25 bits per heavy atom. The molecule has 1 N–H and O–H groups in total. The number of nitrogens with zero attached hydrogens (tertiary/aromatic N) is 2. The van der Waals surface area contributed by atoms with Gasteiger partial charge in [0.05, 0.1) is 0 Å². The summed E-state index contributed by atoms with van der Waals surface area (Å²) >= 11 is 0. The smallest absolute Gasteiger partial charge is 0.275 e. The van der Waals surface area contributed by atoms with Crippen molar-refractivity contribution in [1.82, 2.24) is 10.2 Å². The van der Waals surface area contributed by atoms with Crippen molar-refractivity contribution in [3.63, 3.8) is 0 Å². The first kappa shape index (κ1) is 10.9. The monoisotopic (exact) mass is 220 g/mol. The SMILES string of the molecule is CCc1[nH]nc2cc(C(C)C)c[n+](OC)c12. The minimum atomic E-state index is 0.465. The van der Waals surface area contributed by atoms with Crippen LogP contribution in [0.3, 0.4) is 0 Å². The van der Waals surface area contributed by atoms with Gasteiger partial charge < -0.3 is 0 Å². The fourth-order valence-corrected chi connectivity index (χ4v) is 1.84. The Morgan fingerprint density at radius 3 is 2.81 bits per heavy atom. The van der Waals surface area contributed by atoms with Gasteiger partial charge in [-0.1, -0.05) is 20.8 Å². The second kappa shape index (κ2) is 4.12. The lowest BCUT2D eigenvalue weighted by atomic mass is 10.1. The number of pyridine rings is 1. The molecule has 0 saturated carbocycles. The second-order valence-electron chi connectivity index (χ2n) is 4.23. The Kier molecular flexibility index (Phi) is 2.81. The van der Waals surface area contributed by atoms with Crippen molar-refractivity contribution >= 4 is 11.0 Å². The van der Waals surface area contributed by atoms with Crippen LogP contribution in [-0.4, -0.2) is 17.3 Å². The van der Waals surface area contributed by atoms with Gasteiger partial charge in [-0.25, -0.2) is 0 Å². The molecule has 2 rings (SSSR count). The zero-order chi connectivity index (χ0) is 11.7. The summed E-state index contributed by atoms with van der Waals surface area (Å²) in [7, 11) is 1.68. The molecule has 2 aromatic rings.